The predicted molar refractivity (Wildman–Crippen MR) is 59.4 cm³/mol. The number of aliphatic hydroxyl groups is 1. The number of methoxy groups -OCH3 is 1. The minimum absolute atomic E-state index is 0.0922. The second-order valence-electron chi connectivity index (χ2n) is 3.78. The molecular formula is C11H18N2O2. The second-order valence-corrected chi connectivity index (χ2v) is 3.78. The first-order valence-electron chi connectivity index (χ1n) is 5.00. The molecule has 0 aliphatic carbocycles. The van der Waals surface area contributed by atoms with E-state index in [0.717, 1.165) is 5.56 Å². The number of nitrogen functional groups attached to an aromatic ring is 1. The molecule has 84 valence electrons. The summed E-state index contributed by atoms with van der Waals surface area (Å²) in [5.41, 5.74) is 7.32. The van der Waals surface area contributed by atoms with Gasteiger partial charge in [0.05, 0.1) is 12.7 Å². The summed E-state index contributed by atoms with van der Waals surface area (Å²) >= 11 is 0. The van der Waals surface area contributed by atoms with Gasteiger partial charge in [-0.05, 0) is 11.6 Å². The van der Waals surface area contributed by atoms with Crippen LogP contribution < -0.4 is 5.73 Å². The molecule has 0 aliphatic rings. The maximum atomic E-state index is 9.86. The molecule has 0 spiro atoms. The summed E-state index contributed by atoms with van der Waals surface area (Å²) in [6.07, 6.45) is 3.41. The molecule has 3 N–H and O–H groups in total. The van der Waals surface area contributed by atoms with Crippen LogP contribution in [0.25, 0.3) is 0 Å². The van der Waals surface area contributed by atoms with Crippen molar-refractivity contribution < 1.29 is 9.84 Å². The summed E-state index contributed by atoms with van der Waals surface area (Å²) < 4.78 is 4.99. The van der Waals surface area contributed by atoms with E-state index in [1.165, 1.54) is 0 Å². The van der Waals surface area contributed by atoms with Crippen LogP contribution in [0.15, 0.2) is 18.5 Å². The van der Waals surface area contributed by atoms with Gasteiger partial charge >= 0.3 is 0 Å². The summed E-state index contributed by atoms with van der Waals surface area (Å²) in [7, 11) is 1.63. The fourth-order valence-corrected chi connectivity index (χ4v) is 1.41. The number of aliphatic hydroxyl groups excluding tert-OH is 1. The van der Waals surface area contributed by atoms with Gasteiger partial charge in [0.2, 0.25) is 0 Å². The van der Waals surface area contributed by atoms with Crippen molar-refractivity contribution in [3.63, 3.8) is 0 Å². The van der Waals surface area contributed by atoms with E-state index in [1.807, 2.05) is 6.92 Å². The van der Waals surface area contributed by atoms with Gasteiger partial charge in [0.25, 0.3) is 0 Å². The Bertz CT molecular complexity index is 304. The van der Waals surface area contributed by atoms with Crippen molar-refractivity contribution in [2.45, 2.75) is 19.4 Å². The largest absolute Gasteiger partial charge is 0.398 e. The lowest BCUT2D eigenvalue weighted by molar-refractivity contribution is 0.0575. The maximum Gasteiger partial charge on any atom is 0.0629 e. The molecule has 0 amide bonds. The molecule has 1 rings (SSSR count). The van der Waals surface area contributed by atoms with Crippen molar-refractivity contribution in [3.8, 4) is 0 Å². The molecule has 0 aliphatic heterocycles. The molecule has 0 saturated heterocycles. The van der Waals surface area contributed by atoms with Crippen LogP contribution in [0.3, 0.4) is 0 Å². The lowest BCUT2D eigenvalue weighted by atomic mass is 9.98. The van der Waals surface area contributed by atoms with Crippen LogP contribution in [0, 0.1) is 5.92 Å². The smallest absolute Gasteiger partial charge is 0.0629 e. The number of aromatic nitrogens is 1. The molecule has 4 nitrogen and oxygen atoms in total. The molecule has 0 bridgehead atoms. The molecule has 15 heavy (non-hydrogen) atoms. The van der Waals surface area contributed by atoms with Crippen molar-refractivity contribution >= 4 is 5.69 Å². The Kier molecular flexibility index (Phi) is 4.52. The van der Waals surface area contributed by atoms with Crippen molar-refractivity contribution in [1.29, 1.82) is 0 Å². The summed E-state index contributed by atoms with van der Waals surface area (Å²) in [6.45, 7) is 2.49. The van der Waals surface area contributed by atoms with Gasteiger partial charge in [-0.25, -0.2) is 0 Å². The van der Waals surface area contributed by atoms with Crippen molar-refractivity contribution in [1.82, 2.24) is 4.98 Å². The molecule has 0 aromatic carbocycles. The molecule has 0 radical (unpaired) electrons. The fraction of sp³-hybridized carbons (Fsp3) is 0.545. The van der Waals surface area contributed by atoms with E-state index in [2.05, 4.69) is 4.98 Å². The number of hydrogen-bond donors (Lipinski definition) is 2. The molecule has 1 aromatic heterocycles. The highest BCUT2D eigenvalue weighted by atomic mass is 16.5. The molecule has 4 heteroatoms. The Hall–Kier alpha value is -1.13. The maximum absolute atomic E-state index is 9.86. The molecule has 1 aromatic rings. The van der Waals surface area contributed by atoms with Gasteiger partial charge in [0.1, 0.15) is 0 Å². The first-order valence-corrected chi connectivity index (χ1v) is 5.00. The van der Waals surface area contributed by atoms with E-state index in [0.29, 0.717) is 18.7 Å². The zero-order valence-corrected chi connectivity index (χ0v) is 9.18. The van der Waals surface area contributed by atoms with E-state index in [-0.39, 0.29) is 5.92 Å². The third-order valence-corrected chi connectivity index (χ3v) is 2.46. The summed E-state index contributed by atoms with van der Waals surface area (Å²) in [6, 6.07) is 1.74. The van der Waals surface area contributed by atoms with E-state index in [9.17, 15) is 5.11 Å². The molecule has 1 heterocycles. The van der Waals surface area contributed by atoms with Crippen LogP contribution in [-0.4, -0.2) is 29.9 Å². The van der Waals surface area contributed by atoms with Gasteiger partial charge in [-0.3, -0.25) is 4.98 Å². The minimum Gasteiger partial charge on any atom is -0.398 e. The fourth-order valence-electron chi connectivity index (χ4n) is 1.41. The van der Waals surface area contributed by atoms with E-state index >= 15 is 0 Å². The zero-order chi connectivity index (χ0) is 11.3. The van der Waals surface area contributed by atoms with Crippen LogP contribution in [0.2, 0.25) is 0 Å². The van der Waals surface area contributed by atoms with E-state index < -0.39 is 6.10 Å². The third kappa shape index (κ3) is 3.49. The highest BCUT2D eigenvalue weighted by Gasteiger charge is 2.15. The lowest BCUT2D eigenvalue weighted by Gasteiger charge is -2.18. The molecular weight excluding hydrogens is 192 g/mol. The number of anilines is 1. The van der Waals surface area contributed by atoms with Crippen LogP contribution in [0.1, 0.15) is 12.5 Å². The minimum atomic E-state index is -0.448. The van der Waals surface area contributed by atoms with Crippen molar-refractivity contribution in [2.24, 2.45) is 5.92 Å². The summed E-state index contributed by atoms with van der Waals surface area (Å²) in [5.74, 6) is 0.0922. The predicted octanol–water partition coefficient (Wildman–Crippen LogP) is 0.850. The molecule has 2 atom stereocenters. The number of nitrogens with two attached hydrogens (primary N) is 1. The average Bonchev–Trinajstić information content (AvgIpc) is 2.21. The monoisotopic (exact) mass is 210 g/mol. The van der Waals surface area contributed by atoms with Crippen LogP contribution in [0.4, 0.5) is 5.69 Å². The van der Waals surface area contributed by atoms with Crippen molar-refractivity contribution in [2.75, 3.05) is 19.5 Å². The third-order valence-electron chi connectivity index (χ3n) is 2.46. The van der Waals surface area contributed by atoms with Gasteiger partial charge in [0, 0.05) is 37.5 Å². The number of pyridine rings is 1. The molecule has 0 saturated carbocycles. The Morgan fingerprint density at radius 2 is 2.33 bits per heavy atom. The Balaban J connectivity index is 2.58. The number of rotatable bonds is 5. The molecule has 2 unspecified atom stereocenters. The first kappa shape index (κ1) is 11.9. The highest BCUT2D eigenvalue weighted by molar-refractivity contribution is 5.44. The normalized spacial score (nSPS) is 14.9. The Labute approximate surface area is 90.1 Å². The SMILES string of the molecule is COCC(C)C(O)Cc1cnccc1N. The van der Waals surface area contributed by atoms with Gasteiger partial charge in [-0.2, -0.15) is 0 Å². The second kappa shape index (κ2) is 5.68. The van der Waals surface area contributed by atoms with Gasteiger partial charge in [-0.1, -0.05) is 6.92 Å². The Morgan fingerprint density at radius 3 is 2.93 bits per heavy atom. The lowest BCUT2D eigenvalue weighted by Crippen LogP contribution is -2.24. The first-order chi connectivity index (χ1) is 7.15. The van der Waals surface area contributed by atoms with Crippen molar-refractivity contribution in [3.05, 3.63) is 24.0 Å². The standard InChI is InChI=1S/C11H18N2O2/c1-8(7-15-2)11(14)5-9-6-13-4-3-10(9)12/h3-4,6,8,11,14H,5,7H2,1-2H3,(H2,12,13). The van der Waals surface area contributed by atoms with Crippen LogP contribution in [0.5, 0.6) is 0 Å². The van der Waals surface area contributed by atoms with E-state index in [4.69, 9.17) is 10.5 Å². The number of ether oxygens (including phenoxy) is 1. The van der Waals surface area contributed by atoms with E-state index in [1.54, 1.807) is 25.6 Å². The number of nitrogens with zero attached hydrogens (tertiary/aromatic N) is 1. The average molecular weight is 210 g/mol. The van der Waals surface area contributed by atoms with Crippen LogP contribution >= 0.6 is 0 Å². The number of hydrogen-bond acceptors (Lipinski definition) is 4. The van der Waals surface area contributed by atoms with Gasteiger partial charge in [0.15, 0.2) is 0 Å². The topological polar surface area (TPSA) is 68.4 Å². The van der Waals surface area contributed by atoms with Gasteiger partial charge in [-0.15, -0.1) is 0 Å². The molecule has 0 fully saturated rings. The zero-order valence-electron chi connectivity index (χ0n) is 9.18. The van der Waals surface area contributed by atoms with Gasteiger partial charge < -0.3 is 15.6 Å². The summed E-state index contributed by atoms with van der Waals surface area (Å²) in [4.78, 5) is 3.98. The van der Waals surface area contributed by atoms with Crippen LogP contribution in [-0.2, 0) is 11.2 Å². The quantitative estimate of drug-likeness (QED) is 0.756. The summed E-state index contributed by atoms with van der Waals surface area (Å²) in [5, 5.41) is 9.86. The highest BCUT2D eigenvalue weighted by Crippen LogP contribution is 2.15. The Morgan fingerprint density at radius 1 is 1.60 bits per heavy atom.